The molecule has 0 heterocycles. The Morgan fingerprint density at radius 1 is 0.667 bits per heavy atom. The van der Waals surface area contributed by atoms with Gasteiger partial charge in [0, 0.05) is 0 Å². The first-order chi connectivity index (χ1) is 22.9. The second-order valence-electron chi connectivity index (χ2n) is 16.3. The molecule has 0 aliphatic rings. The van der Waals surface area contributed by atoms with Crippen molar-refractivity contribution in [3.05, 3.63) is 130 Å². The van der Waals surface area contributed by atoms with Crippen molar-refractivity contribution in [3.63, 3.8) is 0 Å². The zero-order valence-electron chi connectivity index (χ0n) is 33.3. The van der Waals surface area contributed by atoms with Crippen LogP contribution < -0.4 is 24.8 Å². The minimum atomic E-state index is 0. The molecule has 0 bridgehead atoms. The van der Waals surface area contributed by atoms with E-state index in [-0.39, 0.29) is 41.1 Å². The normalized spacial score (nSPS) is 11.3. The van der Waals surface area contributed by atoms with Gasteiger partial charge in [-0.1, -0.05) is 146 Å². The van der Waals surface area contributed by atoms with Crippen molar-refractivity contribution in [3.8, 4) is 22.3 Å². The monoisotopic (exact) mass is 810 g/mol. The molecule has 0 nitrogen and oxygen atoms in total. The first-order valence-electron chi connectivity index (χ1n) is 18.0. The molecular formula is C47H58Cl2SiZr-2. The standard InChI is InChI=1S/C23H27.C22H25.C2H6Si.2ClH.Zr/c1-7-17-14-19-12-15(2)13-21(19)22(16(17)3)18-8-10-20(11-9-18)23(4,5)6;1-15(2)18-13-17-7-6-8-20(21(17)14-18)16-9-11-19(12-10-16)22(3,4)5;1-3-2;;;/h8-14H,7H2,1-6H3;6-15H,1-5H3;1-2H3;2*1H;/q2*-1;;;;+2/p-2. The van der Waals surface area contributed by atoms with Gasteiger partial charge in [0.05, 0.1) is 0 Å². The summed E-state index contributed by atoms with van der Waals surface area (Å²) in [5.74, 6) is 0.573. The molecule has 0 radical (unpaired) electrons. The van der Waals surface area contributed by atoms with E-state index in [4.69, 9.17) is 0 Å². The summed E-state index contributed by atoms with van der Waals surface area (Å²) in [7, 11) is 0. The molecule has 0 saturated carbocycles. The van der Waals surface area contributed by atoms with Crippen LogP contribution in [0, 0.1) is 13.8 Å². The molecule has 0 N–H and O–H groups in total. The Labute approximate surface area is 337 Å². The molecular weight excluding hydrogens is 755 g/mol. The largest absolute Gasteiger partial charge is 1.00 e. The summed E-state index contributed by atoms with van der Waals surface area (Å²) in [6, 6.07) is 36.5. The maximum atomic E-state index is 2.37. The van der Waals surface area contributed by atoms with Crippen LogP contribution in [0.15, 0.2) is 97.1 Å². The molecule has 6 aromatic rings. The fourth-order valence-corrected chi connectivity index (χ4v) is 6.54. The smallest absolute Gasteiger partial charge is 1.00 e. The van der Waals surface area contributed by atoms with Crippen molar-refractivity contribution in [2.75, 3.05) is 0 Å². The van der Waals surface area contributed by atoms with Crippen molar-refractivity contribution in [2.45, 2.75) is 112 Å². The second kappa shape index (κ2) is 18.7. The van der Waals surface area contributed by atoms with Gasteiger partial charge in [0.2, 0.25) is 0 Å². The molecule has 51 heavy (non-hydrogen) atoms. The molecule has 4 heteroatoms. The van der Waals surface area contributed by atoms with Crippen molar-refractivity contribution in [2.24, 2.45) is 0 Å². The van der Waals surface area contributed by atoms with Crippen molar-refractivity contribution in [1.29, 1.82) is 0 Å². The molecule has 0 amide bonds. The number of hydrogen-bond donors (Lipinski definition) is 0. The second-order valence-corrected chi connectivity index (χ2v) is 25.7. The maximum absolute atomic E-state index is 2.37. The minimum Gasteiger partial charge on any atom is -1.00 e. The molecule has 0 saturated heterocycles. The molecule has 0 unspecified atom stereocenters. The molecule has 0 aromatic heterocycles. The van der Waals surface area contributed by atoms with Crippen LogP contribution in [-0.2, 0) is 40.6 Å². The molecule has 6 rings (SSSR count). The van der Waals surface area contributed by atoms with Crippen LogP contribution >= 0.6 is 0 Å². The van der Waals surface area contributed by atoms with Gasteiger partial charge in [-0.3, -0.25) is 0 Å². The molecule has 0 spiro atoms. The fourth-order valence-electron chi connectivity index (χ4n) is 6.54. The van der Waals surface area contributed by atoms with E-state index in [1.54, 1.807) is 23.3 Å². The Morgan fingerprint density at radius 2 is 1.18 bits per heavy atom. The summed E-state index contributed by atoms with van der Waals surface area (Å²) in [6.07, 6.45) is 1.08. The number of benzene rings is 4. The quantitative estimate of drug-likeness (QED) is 0.125. The number of fused-ring (bicyclic) bond motifs is 2. The Kier molecular flexibility index (Phi) is 16.5. The zero-order valence-corrected chi connectivity index (χ0v) is 38.2. The Balaban J connectivity index is 0.000000309. The van der Waals surface area contributed by atoms with Crippen LogP contribution in [0.5, 0.6) is 0 Å². The maximum Gasteiger partial charge on any atom is -1.00 e. The molecule has 0 atom stereocenters. The van der Waals surface area contributed by atoms with Crippen LogP contribution in [-0.4, -0.2) is 5.43 Å². The Hall–Kier alpha value is -2.22. The summed E-state index contributed by atoms with van der Waals surface area (Å²) in [5, 5.41) is 5.48. The molecule has 0 aliphatic heterocycles. The Morgan fingerprint density at radius 3 is 1.65 bits per heavy atom. The zero-order chi connectivity index (χ0) is 36.3. The van der Waals surface area contributed by atoms with Gasteiger partial charge in [0.25, 0.3) is 0 Å². The minimum absolute atomic E-state index is 0. The van der Waals surface area contributed by atoms with Gasteiger partial charge < -0.3 is 24.8 Å². The number of halogens is 2. The van der Waals surface area contributed by atoms with E-state index in [1.165, 1.54) is 77.2 Å². The van der Waals surface area contributed by atoms with E-state index in [0.717, 1.165) is 6.42 Å². The average Bonchev–Trinajstić information content (AvgIpc) is 3.63. The van der Waals surface area contributed by atoms with E-state index in [1.807, 2.05) is 0 Å². The number of hydrogen-bond acceptors (Lipinski definition) is 0. The fraction of sp³-hybridized carbons (Fsp3) is 0.362. The predicted molar refractivity (Wildman–Crippen MR) is 218 cm³/mol. The van der Waals surface area contributed by atoms with Crippen molar-refractivity contribution in [1.82, 2.24) is 0 Å². The third-order valence-electron chi connectivity index (χ3n) is 9.44. The van der Waals surface area contributed by atoms with Crippen LogP contribution in [0.4, 0.5) is 0 Å². The van der Waals surface area contributed by atoms with Crippen LogP contribution in [0.2, 0.25) is 13.1 Å². The molecule has 0 fully saturated rings. The molecule has 6 aromatic carbocycles. The van der Waals surface area contributed by atoms with Gasteiger partial charge in [-0.05, 0) is 52.3 Å². The SMILES string of the molecule is CC(C)c1cc2c(-c3ccc(C(C)(C)C)cc3)cccc2[cH-]1.CCc1cc2[cH-]c(C)cc2c(-c2ccc(C(C)(C)C)cc2)c1C.C[Si](C)=[Zr+2].[Cl-].[Cl-]. The summed E-state index contributed by atoms with van der Waals surface area (Å²) in [6.45, 7) is 29.4. The molecule has 0 aliphatic carbocycles. The van der Waals surface area contributed by atoms with Crippen molar-refractivity contribution < 1.29 is 48.1 Å². The first-order valence-corrected chi connectivity index (χ1v) is 24.2. The third-order valence-corrected chi connectivity index (χ3v) is 9.44. The summed E-state index contributed by atoms with van der Waals surface area (Å²) >= 11 is 1.74. The average molecular weight is 813 g/mol. The Bertz CT molecular complexity index is 2020. The van der Waals surface area contributed by atoms with Gasteiger partial charge in [-0.15, -0.1) is 63.0 Å². The van der Waals surface area contributed by atoms with E-state index in [2.05, 4.69) is 186 Å². The summed E-state index contributed by atoms with van der Waals surface area (Å²) < 4.78 is 0. The number of aryl methyl sites for hydroxylation is 2. The van der Waals surface area contributed by atoms with Gasteiger partial charge in [0.1, 0.15) is 0 Å². The van der Waals surface area contributed by atoms with Crippen LogP contribution in [0.25, 0.3) is 43.8 Å². The first kappa shape index (κ1) is 44.9. The van der Waals surface area contributed by atoms with Crippen molar-refractivity contribution >= 4 is 27.0 Å². The van der Waals surface area contributed by atoms with Crippen LogP contribution in [0.3, 0.4) is 0 Å². The van der Waals surface area contributed by atoms with Gasteiger partial charge in [-0.25, -0.2) is 0 Å². The van der Waals surface area contributed by atoms with E-state index in [0.29, 0.717) is 5.92 Å². The predicted octanol–water partition coefficient (Wildman–Crippen LogP) is 8.14. The topological polar surface area (TPSA) is 0 Å². The summed E-state index contributed by atoms with van der Waals surface area (Å²) in [4.78, 5) is 0. The number of rotatable bonds is 4. The van der Waals surface area contributed by atoms with E-state index < -0.39 is 0 Å². The van der Waals surface area contributed by atoms with Gasteiger partial charge in [0.15, 0.2) is 0 Å². The third kappa shape index (κ3) is 11.4. The van der Waals surface area contributed by atoms with Gasteiger partial charge in [-0.2, -0.15) is 12.1 Å². The van der Waals surface area contributed by atoms with Gasteiger partial charge >= 0.3 is 41.9 Å². The van der Waals surface area contributed by atoms with Crippen LogP contribution in [0.1, 0.15) is 102 Å². The van der Waals surface area contributed by atoms with E-state index >= 15 is 0 Å². The molecule has 270 valence electrons. The summed E-state index contributed by atoms with van der Waals surface area (Å²) in [5.41, 5.74) is 14.4. The van der Waals surface area contributed by atoms with E-state index in [9.17, 15) is 0 Å².